The van der Waals surface area contributed by atoms with Gasteiger partial charge in [0.1, 0.15) is 11.5 Å². The summed E-state index contributed by atoms with van der Waals surface area (Å²) in [6.45, 7) is 1.31. The number of hydrogen-bond donors (Lipinski definition) is 2. The molecule has 18 heavy (non-hydrogen) atoms. The molecule has 6 nitrogen and oxygen atoms in total. The van der Waals surface area contributed by atoms with Crippen LogP contribution in [0.5, 0.6) is 0 Å². The first-order valence-electron chi connectivity index (χ1n) is 5.99. The molecule has 1 fully saturated rings. The number of piperidine rings is 1. The van der Waals surface area contributed by atoms with E-state index in [0.717, 1.165) is 24.4 Å². The first-order chi connectivity index (χ1) is 8.77. The molecular formula is C12H14N4O2. The maximum absolute atomic E-state index is 11.3. The zero-order chi connectivity index (χ0) is 12.5. The van der Waals surface area contributed by atoms with Gasteiger partial charge >= 0.3 is 5.97 Å². The van der Waals surface area contributed by atoms with E-state index in [0.29, 0.717) is 6.54 Å². The fraction of sp³-hybridized carbons (Fsp3) is 0.417. The molecule has 2 atom stereocenters. The molecule has 2 aromatic rings. The lowest BCUT2D eigenvalue weighted by molar-refractivity contribution is -0.143. The van der Waals surface area contributed by atoms with Crippen molar-refractivity contribution in [3.8, 4) is 0 Å². The van der Waals surface area contributed by atoms with Crippen LogP contribution < -0.4 is 5.32 Å². The summed E-state index contributed by atoms with van der Waals surface area (Å²) in [5, 5.41) is 12.4. The van der Waals surface area contributed by atoms with Crippen LogP contribution in [0.3, 0.4) is 0 Å². The molecule has 6 heteroatoms. The highest BCUT2D eigenvalue weighted by Gasteiger charge is 2.34. The first-order valence-corrected chi connectivity index (χ1v) is 5.99. The molecule has 1 saturated heterocycles. The van der Waals surface area contributed by atoms with Crippen molar-refractivity contribution in [3.05, 3.63) is 30.5 Å². The van der Waals surface area contributed by atoms with Gasteiger partial charge in [0, 0.05) is 31.1 Å². The Balaban J connectivity index is 2.06. The number of rotatable bonds is 2. The van der Waals surface area contributed by atoms with Crippen LogP contribution in [0.1, 0.15) is 18.2 Å². The number of hydrogen-bond acceptors (Lipinski definition) is 4. The molecule has 0 aliphatic carbocycles. The van der Waals surface area contributed by atoms with Gasteiger partial charge in [-0.2, -0.15) is 0 Å². The summed E-state index contributed by atoms with van der Waals surface area (Å²) in [6, 6.07) is 1.82. The van der Waals surface area contributed by atoms with Gasteiger partial charge in [-0.05, 0) is 19.0 Å². The lowest BCUT2D eigenvalue weighted by Crippen LogP contribution is -2.40. The Morgan fingerprint density at radius 1 is 1.44 bits per heavy atom. The van der Waals surface area contributed by atoms with Gasteiger partial charge in [-0.25, -0.2) is 9.97 Å². The minimum Gasteiger partial charge on any atom is -0.481 e. The number of fused-ring (bicyclic) bond motifs is 1. The smallest absolute Gasteiger partial charge is 0.308 e. The maximum Gasteiger partial charge on any atom is 0.308 e. The molecule has 0 amide bonds. The van der Waals surface area contributed by atoms with Gasteiger partial charge in [0.25, 0.3) is 0 Å². The fourth-order valence-electron chi connectivity index (χ4n) is 2.58. The van der Waals surface area contributed by atoms with Crippen molar-refractivity contribution in [3.63, 3.8) is 0 Å². The number of carboxylic acid groups (broad SMARTS) is 1. The molecule has 0 saturated carbocycles. The fourth-order valence-corrected chi connectivity index (χ4v) is 2.58. The highest BCUT2D eigenvalue weighted by Crippen LogP contribution is 2.29. The predicted octanol–water partition coefficient (Wildman–Crippen LogP) is 0.507. The van der Waals surface area contributed by atoms with Crippen LogP contribution >= 0.6 is 0 Å². The molecule has 0 spiro atoms. The highest BCUT2D eigenvalue weighted by atomic mass is 16.4. The van der Waals surface area contributed by atoms with E-state index >= 15 is 0 Å². The Hall–Kier alpha value is -1.95. The molecule has 1 aliphatic rings. The van der Waals surface area contributed by atoms with Gasteiger partial charge in [-0.1, -0.05) is 0 Å². The molecule has 94 valence electrons. The monoisotopic (exact) mass is 246 g/mol. The highest BCUT2D eigenvalue weighted by molar-refractivity contribution is 5.71. The average Bonchev–Trinajstić information content (AvgIpc) is 2.86. The molecule has 0 aromatic carbocycles. The van der Waals surface area contributed by atoms with E-state index < -0.39 is 11.9 Å². The summed E-state index contributed by atoms with van der Waals surface area (Å²) in [7, 11) is 0. The second-order valence-corrected chi connectivity index (χ2v) is 4.50. The molecule has 0 radical (unpaired) electrons. The van der Waals surface area contributed by atoms with Crippen molar-refractivity contribution >= 4 is 11.6 Å². The van der Waals surface area contributed by atoms with Crippen LogP contribution in [0.15, 0.2) is 24.7 Å². The normalized spacial score (nSPS) is 24.2. The molecule has 2 unspecified atom stereocenters. The Kier molecular flexibility index (Phi) is 2.71. The zero-order valence-electron chi connectivity index (χ0n) is 9.78. The van der Waals surface area contributed by atoms with Gasteiger partial charge in [-0.3, -0.25) is 9.20 Å². The van der Waals surface area contributed by atoms with Crippen molar-refractivity contribution in [2.75, 3.05) is 13.1 Å². The van der Waals surface area contributed by atoms with Crippen molar-refractivity contribution < 1.29 is 9.90 Å². The van der Waals surface area contributed by atoms with Crippen molar-refractivity contribution in [2.24, 2.45) is 5.92 Å². The number of carbonyl (C=O) groups is 1. The zero-order valence-corrected chi connectivity index (χ0v) is 9.78. The van der Waals surface area contributed by atoms with Gasteiger partial charge < -0.3 is 10.4 Å². The van der Waals surface area contributed by atoms with Crippen LogP contribution in [0, 0.1) is 5.92 Å². The molecule has 2 aromatic heterocycles. The third-order valence-corrected chi connectivity index (χ3v) is 3.48. The predicted molar refractivity (Wildman–Crippen MR) is 64.3 cm³/mol. The van der Waals surface area contributed by atoms with Gasteiger partial charge in [0.15, 0.2) is 0 Å². The van der Waals surface area contributed by atoms with Crippen LogP contribution in [0.25, 0.3) is 5.65 Å². The Bertz CT molecular complexity index is 580. The van der Waals surface area contributed by atoms with E-state index in [1.165, 1.54) is 0 Å². The summed E-state index contributed by atoms with van der Waals surface area (Å²) >= 11 is 0. The Morgan fingerprint density at radius 2 is 2.33 bits per heavy atom. The lowest BCUT2D eigenvalue weighted by atomic mass is 9.85. The number of carboxylic acids is 1. The molecule has 1 aliphatic heterocycles. The largest absolute Gasteiger partial charge is 0.481 e. The third kappa shape index (κ3) is 1.74. The van der Waals surface area contributed by atoms with Crippen LogP contribution in [0.2, 0.25) is 0 Å². The number of aromatic nitrogens is 3. The van der Waals surface area contributed by atoms with E-state index in [9.17, 15) is 9.90 Å². The summed E-state index contributed by atoms with van der Waals surface area (Å²) in [4.78, 5) is 19.9. The SMILES string of the molecule is O=C(O)C1CNCCC1c1nccc2nccn12. The molecular weight excluding hydrogens is 232 g/mol. The lowest BCUT2D eigenvalue weighted by Gasteiger charge is -2.29. The molecule has 3 heterocycles. The quantitative estimate of drug-likeness (QED) is 0.807. The number of imidazole rings is 1. The summed E-state index contributed by atoms with van der Waals surface area (Å²) in [6.07, 6.45) is 6.01. The van der Waals surface area contributed by atoms with E-state index in [2.05, 4.69) is 15.3 Å². The number of nitrogens with one attached hydrogen (secondary N) is 1. The number of nitrogens with zero attached hydrogens (tertiary/aromatic N) is 3. The standard InChI is InChI=1S/C12H14N4O2/c17-12(18)9-7-13-3-1-8(9)11-15-4-2-10-14-5-6-16(10)11/h2,4-6,8-9,13H,1,3,7H2,(H,17,18). The molecule has 2 N–H and O–H groups in total. The minimum absolute atomic E-state index is 0.0679. The third-order valence-electron chi connectivity index (χ3n) is 3.48. The number of aliphatic carboxylic acids is 1. The molecule has 0 bridgehead atoms. The van der Waals surface area contributed by atoms with E-state index in [-0.39, 0.29) is 5.92 Å². The van der Waals surface area contributed by atoms with Crippen molar-refractivity contribution in [1.82, 2.24) is 19.7 Å². The topological polar surface area (TPSA) is 79.5 Å². The summed E-state index contributed by atoms with van der Waals surface area (Å²) < 4.78 is 1.88. The van der Waals surface area contributed by atoms with Crippen molar-refractivity contribution in [1.29, 1.82) is 0 Å². The van der Waals surface area contributed by atoms with Crippen molar-refractivity contribution in [2.45, 2.75) is 12.3 Å². The first kappa shape index (κ1) is 11.2. The van der Waals surface area contributed by atoms with E-state index in [1.807, 2.05) is 16.7 Å². The Labute approximate surface area is 104 Å². The van der Waals surface area contributed by atoms with Crippen LogP contribution in [0.4, 0.5) is 0 Å². The van der Waals surface area contributed by atoms with Gasteiger partial charge in [0.2, 0.25) is 0 Å². The summed E-state index contributed by atoms with van der Waals surface area (Å²) in [5.41, 5.74) is 0.808. The Morgan fingerprint density at radius 3 is 3.17 bits per heavy atom. The molecule has 3 rings (SSSR count). The van der Waals surface area contributed by atoms with Gasteiger partial charge in [-0.15, -0.1) is 0 Å². The maximum atomic E-state index is 11.3. The second kappa shape index (κ2) is 4.38. The minimum atomic E-state index is -0.772. The van der Waals surface area contributed by atoms with Gasteiger partial charge in [0.05, 0.1) is 5.92 Å². The van der Waals surface area contributed by atoms with E-state index in [4.69, 9.17) is 0 Å². The van der Waals surface area contributed by atoms with Crippen LogP contribution in [-0.2, 0) is 4.79 Å². The van der Waals surface area contributed by atoms with E-state index in [1.54, 1.807) is 12.4 Å². The summed E-state index contributed by atoms with van der Waals surface area (Å²) in [5.74, 6) is -0.481. The average molecular weight is 246 g/mol. The van der Waals surface area contributed by atoms with Crippen LogP contribution in [-0.4, -0.2) is 38.5 Å². The second-order valence-electron chi connectivity index (χ2n) is 4.50.